The van der Waals surface area contributed by atoms with Crippen LogP contribution in [0.5, 0.6) is 0 Å². The molecule has 1 aliphatic heterocycles. The molecule has 0 aliphatic carbocycles. The summed E-state index contributed by atoms with van der Waals surface area (Å²) in [6.45, 7) is 1.89. The lowest BCUT2D eigenvalue weighted by Crippen LogP contribution is -2.57. The smallest absolute Gasteiger partial charge is 0.249 e. The molecule has 1 saturated heterocycles. The van der Waals surface area contributed by atoms with E-state index >= 15 is 0 Å². The molecular formula is C12H12N4O2S. The number of piperazine rings is 1. The third kappa shape index (κ3) is 2.01. The summed E-state index contributed by atoms with van der Waals surface area (Å²) in [6, 6.07) is 5.05. The van der Waals surface area contributed by atoms with Gasteiger partial charge in [0.15, 0.2) is 5.13 Å². The number of rotatable bonds is 1. The molecule has 2 heterocycles. The molecule has 2 amide bonds. The van der Waals surface area contributed by atoms with E-state index in [0.717, 1.165) is 10.2 Å². The molecule has 0 radical (unpaired) electrons. The molecule has 3 rings (SSSR count). The van der Waals surface area contributed by atoms with Gasteiger partial charge in [-0.2, -0.15) is 0 Å². The van der Waals surface area contributed by atoms with Crippen molar-refractivity contribution in [2.24, 2.45) is 0 Å². The first-order chi connectivity index (χ1) is 9.04. The zero-order chi connectivity index (χ0) is 13.6. The fourth-order valence-corrected chi connectivity index (χ4v) is 3.09. The SMILES string of the molecule is CC1C(=O)NC(=O)CN1c1nc2ccc(N)cc2s1. The van der Waals surface area contributed by atoms with Crippen LogP contribution in [0.25, 0.3) is 10.2 Å². The monoisotopic (exact) mass is 276 g/mol. The van der Waals surface area contributed by atoms with Gasteiger partial charge in [0, 0.05) is 5.69 Å². The van der Waals surface area contributed by atoms with Crippen LogP contribution in [-0.4, -0.2) is 29.4 Å². The van der Waals surface area contributed by atoms with Gasteiger partial charge in [0.2, 0.25) is 11.8 Å². The molecule has 1 fully saturated rings. The van der Waals surface area contributed by atoms with Gasteiger partial charge in [-0.1, -0.05) is 11.3 Å². The predicted molar refractivity (Wildman–Crippen MR) is 74.0 cm³/mol. The summed E-state index contributed by atoms with van der Waals surface area (Å²) in [7, 11) is 0. The average Bonchev–Trinajstić information content (AvgIpc) is 2.76. The normalized spacial score (nSPS) is 19.8. The standard InChI is InChI=1S/C12H12N4O2S/c1-6-11(18)15-10(17)5-16(6)12-14-8-3-2-7(13)4-9(8)19-12/h2-4,6H,5,13H2,1H3,(H,15,17,18). The number of fused-ring (bicyclic) bond motifs is 1. The average molecular weight is 276 g/mol. The van der Waals surface area contributed by atoms with E-state index in [9.17, 15) is 9.59 Å². The summed E-state index contributed by atoms with van der Waals surface area (Å²) in [5, 5.41) is 2.97. The van der Waals surface area contributed by atoms with E-state index in [4.69, 9.17) is 5.73 Å². The molecule has 2 aromatic rings. The van der Waals surface area contributed by atoms with Crippen LogP contribution in [-0.2, 0) is 9.59 Å². The highest BCUT2D eigenvalue weighted by molar-refractivity contribution is 7.22. The number of imide groups is 1. The summed E-state index contributed by atoms with van der Waals surface area (Å²) in [4.78, 5) is 29.3. The molecule has 3 N–H and O–H groups in total. The van der Waals surface area contributed by atoms with Gasteiger partial charge in [0.25, 0.3) is 0 Å². The van der Waals surface area contributed by atoms with E-state index in [-0.39, 0.29) is 18.4 Å². The number of thiazole rings is 1. The summed E-state index contributed by atoms with van der Waals surface area (Å²) in [5.41, 5.74) is 7.22. The van der Waals surface area contributed by atoms with Crippen molar-refractivity contribution in [2.75, 3.05) is 17.2 Å². The van der Waals surface area contributed by atoms with Crippen LogP contribution in [0, 0.1) is 0 Å². The molecular weight excluding hydrogens is 264 g/mol. The molecule has 1 aromatic carbocycles. The Morgan fingerprint density at radius 1 is 1.47 bits per heavy atom. The van der Waals surface area contributed by atoms with Gasteiger partial charge >= 0.3 is 0 Å². The van der Waals surface area contributed by atoms with E-state index in [1.807, 2.05) is 12.1 Å². The molecule has 0 saturated carbocycles. The zero-order valence-corrected chi connectivity index (χ0v) is 11.0. The number of benzene rings is 1. The van der Waals surface area contributed by atoms with Crippen molar-refractivity contribution in [3.8, 4) is 0 Å². The lowest BCUT2D eigenvalue weighted by Gasteiger charge is -2.31. The molecule has 1 unspecified atom stereocenters. The quantitative estimate of drug-likeness (QED) is 0.592. The maximum Gasteiger partial charge on any atom is 0.249 e. The van der Waals surface area contributed by atoms with Crippen LogP contribution >= 0.6 is 11.3 Å². The zero-order valence-electron chi connectivity index (χ0n) is 10.2. The number of hydrogen-bond acceptors (Lipinski definition) is 6. The lowest BCUT2D eigenvalue weighted by molar-refractivity contribution is -0.132. The van der Waals surface area contributed by atoms with Crippen molar-refractivity contribution in [3.63, 3.8) is 0 Å². The first-order valence-corrected chi connectivity index (χ1v) is 6.62. The molecule has 0 bridgehead atoms. The van der Waals surface area contributed by atoms with Crippen LogP contribution in [0.4, 0.5) is 10.8 Å². The van der Waals surface area contributed by atoms with Gasteiger partial charge in [-0.05, 0) is 25.1 Å². The van der Waals surface area contributed by atoms with Crippen molar-refractivity contribution >= 4 is 44.2 Å². The Balaban J connectivity index is 2.03. The van der Waals surface area contributed by atoms with Gasteiger partial charge in [0.05, 0.1) is 10.2 Å². The highest BCUT2D eigenvalue weighted by Gasteiger charge is 2.32. The lowest BCUT2D eigenvalue weighted by atomic mass is 10.2. The number of aromatic nitrogens is 1. The van der Waals surface area contributed by atoms with Crippen molar-refractivity contribution in [1.82, 2.24) is 10.3 Å². The number of nitrogen functional groups attached to an aromatic ring is 1. The summed E-state index contributed by atoms with van der Waals surface area (Å²) < 4.78 is 0.945. The predicted octanol–water partition coefficient (Wildman–Crippen LogP) is 0.730. The van der Waals surface area contributed by atoms with E-state index in [2.05, 4.69) is 10.3 Å². The largest absolute Gasteiger partial charge is 0.399 e. The van der Waals surface area contributed by atoms with E-state index in [1.54, 1.807) is 17.9 Å². The second kappa shape index (κ2) is 4.20. The van der Waals surface area contributed by atoms with Gasteiger partial charge in [0.1, 0.15) is 12.6 Å². The van der Waals surface area contributed by atoms with E-state index in [0.29, 0.717) is 10.8 Å². The van der Waals surface area contributed by atoms with Crippen LogP contribution in [0.1, 0.15) is 6.92 Å². The minimum absolute atomic E-state index is 0.141. The first-order valence-electron chi connectivity index (χ1n) is 5.81. The molecule has 1 aromatic heterocycles. The number of nitrogens with zero attached hydrogens (tertiary/aromatic N) is 2. The van der Waals surface area contributed by atoms with Crippen molar-refractivity contribution < 1.29 is 9.59 Å². The fourth-order valence-electron chi connectivity index (χ4n) is 2.00. The maximum absolute atomic E-state index is 11.6. The summed E-state index contributed by atoms with van der Waals surface area (Å²) in [6.07, 6.45) is 0. The number of hydrogen-bond donors (Lipinski definition) is 2. The van der Waals surface area contributed by atoms with Gasteiger partial charge in [-0.25, -0.2) is 4.98 Å². The van der Waals surface area contributed by atoms with Crippen molar-refractivity contribution in [1.29, 1.82) is 0 Å². The molecule has 98 valence electrons. The Bertz CT molecular complexity index is 681. The topological polar surface area (TPSA) is 88.3 Å². The van der Waals surface area contributed by atoms with Crippen LogP contribution in [0.2, 0.25) is 0 Å². The van der Waals surface area contributed by atoms with Crippen LogP contribution in [0.3, 0.4) is 0 Å². The van der Waals surface area contributed by atoms with Gasteiger partial charge < -0.3 is 10.6 Å². The minimum atomic E-state index is -0.407. The van der Waals surface area contributed by atoms with Crippen LogP contribution < -0.4 is 16.0 Å². The summed E-state index contributed by atoms with van der Waals surface area (Å²) >= 11 is 1.43. The first kappa shape index (κ1) is 11.9. The van der Waals surface area contributed by atoms with Gasteiger partial charge in [-0.15, -0.1) is 0 Å². The number of nitrogens with one attached hydrogen (secondary N) is 1. The molecule has 1 aliphatic rings. The van der Waals surface area contributed by atoms with E-state index in [1.165, 1.54) is 11.3 Å². The highest BCUT2D eigenvalue weighted by atomic mass is 32.1. The number of amides is 2. The fraction of sp³-hybridized carbons (Fsp3) is 0.250. The van der Waals surface area contributed by atoms with E-state index < -0.39 is 6.04 Å². The molecule has 6 nitrogen and oxygen atoms in total. The Morgan fingerprint density at radius 2 is 2.26 bits per heavy atom. The molecule has 19 heavy (non-hydrogen) atoms. The second-order valence-corrected chi connectivity index (χ2v) is 5.45. The number of carbonyl (C=O) groups is 2. The highest BCUT2D eigenvalue weighted by Crippen LogP contribution is 2.31. The maximum atomic E-state index is 11.6. The van der Waals surface area contributed by atoms with Gasteiger partial charge in [-0.3, -0.25) is 14.9 Å². The Hall–Kier alpha value is -2.15. The number of anilines is 2. The van der Waals surface area contributed by atoms with Crippen LogP contribution in [0.15, 0.2) is 18.2 Å². The third-order valence-electron chi connectivity index (χ3n) is 3.07. The molecule has 1 atom stereocenters. The van der Waals surface area contributed by atoms with Crippen molar-refractivity contribution in [3.05, 3.63) is 18.2 Å². The minimum Gasteiger partial charge on any atom is -0.399 e. The Kier molecular flexibility index (Phi) is 2.63. The third-order valence-corrected chi connectivity index (χ3v) is 4.13. The number of carbonyl (C=O) groups excluding carboxylic acids is 2. The Morgan fingerprint density at radius 3 is 3.05 bits per heavy atom. The number of nitrogens with two attached hydrogens (primary N) is 1. The Labute approximate surface area is 113 Å². The van der Waals surface area contributed by atoms with Crippen molar-refractivity contribution in [2.45, 2.75) is 13.0 Å². The molecule has 7 heteroatoms. The molecule has 0 spiro atoms. The second-order valence-electron chi connectivity index (χ2n) is 4.44. The summed E-state index contributed by atoms with van der Waals surface area (Å²) in [5.74, 6) is -0.600.